The topological polar surface area (TPSA) is 20.2 Å². The third kappa shape index (κ3) is 3.10. The smallest absolute Gasteiger partial charge is 0.0793 e. The Hall–Kier alpha value is -1.60. The van der Waals surface area contributed by atoms with Crippen LogP contribution in [0, 0.1) is 0 Å². The Balaban J connectivity index is 1.63. The minimum atomic E-state index is -0.352. The van der Waals surface area contributed by atoms with E-state index in [0.29, 0.717) is 0 Å². The average Bonchev–Trinajstić information content (AvgIpc) is 2.44. The molecule has 1 nitrogen and oxygen atoms in total. The highest BCUT2D eigenvalue weighted by Gasteiger charge is 2.20. The molecule has 1 atom stereocenters. The van der Waals surface area contributed by atoms with Crippen LogP contribution in [0.5, 0.6) is 0 Å². The Morgan fingerprint density at radius 2 is 1.80 bits per heavy atom. The van der Waals surface area contributed by atoms with Gasteiger partial charge < -0.3 is 5.11 Å². The van der Waals surface area contributed by atoms with E-state index >= 15 is 0 Å². The first-order valence-electron chi connectivity index (χ1n) is 7.65. The fraction of sp³-hybridized carbons (Fsp3) is 0.368. The lowest BCUT2D eigenvalue weighted by Crippen LogP contribution is -2.09. The van der Waals surface area contributed by atoms with Crippen LogP contribution >= 0.6 is 0 Å². The van der Waals surface area contributed by atoms with E-state index in [1.54, 1.807) is 0 Å². The molecule has 0 aliphatic heterocycles. The Kier molecular flexibility index (Phi) is 4.17. The Morgan fingerprint density at radius 3 is 2.50 bits per heavy atom. The molecule has 0 bridgehead atoms. The normalized spacial score (nSPS) is 16.6. The van der Waals surface area contributed by atoms with Gasteiger partial charge >= 0.3 is 0 Å². The molecule has 0 aromatic heterocycles. The van der Waals surface area contributed by atoms with Crippen molar-refractivity contribution in [1.29, 1.82) is 0 Å². The maximum Gasteiger partial charge on any atom is 0.0793 e. The summed E-state index contributed by atoms with van der Waals surface area (Å²) in [5.74, 6) is 0.733. The molecule has 2 aromatic rings. The van der Waals surface area contributed by atoms with Crippen molar-refractivity contribution in [2.75, 3.05) is 0 Å². The molecule has 1 aliphatic rings. The van der Waals surface area contributed by atoms with Crippen molar-refractivity contribution >= 4 is 0 Å². The van der Waals surface area contributed by atoms with Crippen LogP contribution in [-0.2, 0) is 6.42 Å². The summed E-state index contributed by atoms with van der Waals surface area (Å²) in [6.07, 6.45) is 5.34. The van der Waals surface area contributed by atoms with Gasteiger partial charge in [-0.2, -0.15) is 0 Å². The van der Waals surface area contributed by atoms with Gasteiger partial charge in [0, 0.05) is 0 Å². The molecule has 0 spiro atoms. The lowest BCUT2D eigenvalue weighted by atomic mass is 9.79. The minimum absolute atomic E-state index is 0.352. The lowest BCUT2D eigenvalue weighted by molar-refractivity contribution is 0.167. The Bertz CT molecular complexity index is 543. The lowest BCUT2D eigenvalue weighted by Gasteiger charge is -2.26. The van der Waals surface area contributed by atoms with E-state index in [4.69, 9.17) is 0 Å². The summed E-state index contributed by atoms with van der Waals surface area (Å²) in [5, 5.41) is 10.4. The van der Waals surface area contributed by atoms with E-state index in [0.717, 1.165) is 24.3 Å². The van der Waals surface area contributed by atoms with Gasteiger partial charge in [0.2, 0.25) is 0 Å². The van der Waals surface area contributed by atoms with Crippen molar-refractivity contribution in [2.24, 2.45) is 0 Å². The highest BCUT2D eigenvalue weighted by atomic mass is 16.3. The number of rotatable bonds is 5. The molecule has 0 saturated heterocycles. The molecule has 1 aliphatic carbocycles. The molecule has 104 valence electrons. The molecule has 20 heavy (non-hydrogen) atoms. The summed E-state index contributed by atoms with van der Waals surface area (Å²) < 4.78 is 0. The van der Waals surface area contributed by atoms with E-state index in [2.05, 4.69) is 48.5 Å². The van der Waals surface area contributed by atoms with E-state index in [9.17, 15) is 5.11 Å². The van der Waals surface area contributed by atoms with Gasteiger partial charge in [0.05, 0.1) is 6.10 Å². The van der Waals surface area contributed by atoms with Gasteiger partial charge in [-0.1, -0.05) is 61.0 Å². The fourth-order valence-electron chi connectivity index (χ4n) is 2.88. The van der Waals surface area contributed by atoms with Crippen LogP contribution in [-0.4, -0.2) is 5.11 Å². The van der Waals surface area contributed by atoms with Crippen LogP contribution in [0.3, 0.4) is 0 Å². The summed E-state index contributed by atoms with van der Waals surface area (Å²) in [4.78, 5) is 0. The van der Waals surface area contributed by atoms with Gasteiger partial charge in [0.25, 0.3) is 0 Å². The second kappa shape index (κ2) is 6.23. The van der Waals surface area contributed by atoms with Gasteiger partial charge in [-0.3, -0.25) is 0 Å². The van der Waals surface area contributed by atoms with Crippen molar-refractivity contribution in [1.82, 2.24) is 0 Å². The van der Waals surface area contributed by atoms with Crippen LogP contribution in [0.15, 0.2) is 54.6 Å². The third-order valence-corrected chi connectivity index (χ3v) is 4.42. The zero-order valence-electron chi connectivity index (χ0n) is 11.8. The maximum absolute atomic E-state index is 10.4. The summed E-state index contributed by atoms with van der Waals surface area (Å²) in [6.45, 7) is 0. The van der Waals surface area contributed by atoms with Crippen molar-refractivity contribution < 1.29 is 5.11 Å². The van der Waals surface area contributed by atoms with E-state index in [-0.39, 0.29) is 6.10 Å². The zero-order valence-corrected chi connectivity index (χ0v) is 11.8. The zero-order chi connectivity index (χ0) is 13.8. The molecule has 2 aromatic carbocycles. The number of hydrogen-bond donors (Lipinski definition) is 1. The molecular formula is C19H22O. The molecule has 1 unspecified atom stereocenters. The first-order chi connectivity index (χ1) is 9.83. The van der Waals surface area contributed by atoms with Crippen LogP contribution in [0.25, 0.3) is 0 Å². The van der Waals surface area contributed by atoms with Crippen molar-refractivity contribution in [3.05, 3.63) is 71.3 Å². The highest BCUT2D eigenvalue weighted by Crippen LogP contribution is 2.37. The molecule has 1 heteroatoms. The fourth-order valence-corrected chi connectivity index (χ4v) is 2.88. The molecule has 3 rings (SSSR count). The molecule has 1 N–H and O–H groups in total. The Labute approximate surface area is 121 Å². The Morgan fingerprint density at radius 1 is 1.00 bits per heavy atom. The van der Waals surface area contributed by atoms with E-state index in [1.807, 2.05) is 6.07 Å². The number of aryl methyl sites for hydroxylation is 1. The summed E-state index contributed by atoms with van der Waals surface area (Å²) in [6, 6.07) is 18.9. The minimum Gasteiger partial charge on any atom is -0.388 e. The molecule has 1 fully saturated rings. The van der Waals surface area contributed by atoms with E-state index in [1.165, 1.54) is 30.4 Å². The van der Waals surface area contributed by atoms with Crippen LogP contribution in [0.1, 0.15) is 54.4 Å². The number of benzene rings is 2. The van der Waals surface area contributed by atoms with Gasteiger partial charge in [0.1, 0.15) is 0 Å². The predicted molar refractivity (Wildman–Crippen MR) is 82.8 cm³/mol. The van der Waals surface area contributed by atoms with Gasteiger partial charge in [0.15, 0.2) is 0 Å². The summed E-state index contributed by atoms with van der Waals surface area (Å²) in [5.41, 5.74) is 3.78. The molecule has 0 radical (unpaired) electrons. The summed E-state index contributed by atoms with van der Waals surface area (Å²) in [7, 11) is 0. The molecular weight excluding hydrogens is 244 g/mol. The summed E-state index contributed by atoms with van der Waals surface area (Å²) >= 11 is 0. The maximum atomic E-state index is 10.4. The molecule has 0 heterocycles. The number of aliphatic hydroxyl groups is 1. The van der Waals surface area contributed by atoms with E-state index < -0.39 is 0 Å². The SMILES string of the molecule is OC(CCc1ccccc1)c1cccc(C2CCC2)c1. The van der Waals surface area contributed by atoms with Crippen molar-refractivity contribution in [3.63, 3.8) is 0 Å². The highest BCUT2D eigenvalue weighted by molar-refractivity contribution is 5.29. The van der Waals surface area contributed by atoms with Gasteiger partial charge in [-0.05, 0) is 48.3 Å². The number of aliphatic hydroxyl groups excluding tert-OH is 1. The first kappa shape index (κ1) is 13.4. The third-order valence-electron chi connectivity index (χ3n) is 4.42. The van der Waals surface area contributed by atoms with Crippen LogP contribution in [0.4, 0.5) is 0 Å². The average molecular weight is 266 g/mol. The standard InChI is InChI=1S/C19H22O/c20-19(13-12-15-6-2-1-3-7-15)18-11-5-10-17(14-18)16-8-4-9-16/h1-3,5-7,10-11,14,16,19-20H,4,8-9,12-13H2. The first-order valence-corrected chi connectivity index (χ1v) is 7.65. The van der Waals surface area contributed by atoms with Crippen molar-refractivity contribution in [2.45, 2.75) is 44.1 Å². The molecule has 0 amide bonds. The largest absolute Gasteiger partial charge is 0.388 e. The monoisotopic (exact) mass is 266 g/mol. The van der Waals surface area contributed by atoms with Crippen LogP contribution in [0.2, 0.25) is 0 Å². The second-order valence-electron chi connectivity index (χ2n) is 5.84. The second-order valence-corrected chi connectivity index (χ2v) is 5.84. The van der Waals surface area contributed by atoms with Gasteiger partial charge in [-0.25, -0.2) is 0 Å². The quantitative estimate of drug-likeness (QED) is 0.837. The van der Waals surface area contributed by atoms with Crippen molar-refractivity contribution in [3.8, 4) is 0 Å². The molecule has 1 saturated carbocycles. The van der Waals surface area contributed by atoms with Crippen LogP contribution < -0.4 is 0 Å². The predicted octanol–water partition coefficient (Wildman–Crippen LogP) is 4.62. The number of hydrogen-bond acceptors (Lipinski definition) is 1. The van der Waals surface area contributed by atoms with Gasteiger partial charge in [-0.15, -0.1) is 0 Å².